The smallest absolute Gasteiger partial charge is 0.273 e. The second-order valence-electron chi connectivity index (χ2n) is 4.93. The Morgan fingerprint density at radius 2 is 1.40 bits per heavy atom. The Morgan fingerprint density at radius 3 is 1.88 bits per heavy atom. The molecule has 0 aliphatic heterocycles. The third kappa shape index (κ3) is 4.84. The molecule has 6 heteroatoms. The summed E-state index contributed by atoms with van der Waals surface area (Å²) in [6, 6.07) is 13.5. The van der Waals surface area contributed by atoms with Crippen LogP contribution in [0.5, 0.6) is 11.5 Å². The molecule has 2 rings (SSSR count). The van der Waals surface area contributed by atoms with Crippen LogP contribution < -0.4 is 20.3 Å². The molecule has 0 aliphatic rings. The van der Waals surface area contributed by atoms with Crippen LogP contribution in [0.3, 0.4) is 0 Å². The number of carbonyl (C=O) groups is 2. The molecule has 0 aliphatic carbocycles. The zero-order valence-electron chi connectivity index (χ0n) is 14.0. The zero-order valence-corrected chi connectivity index (χ0v) is 14.0. The molecular weight excluding hydrogens is 320 g/mol. The minimum absolute atomic E-state index is 0.276. The molecule has 0 heterocycles. The normalized spacial score (nSPS) is 9.80. The molecule has 0 radical (unpaired) electrons. The highest BCUT2D eigenvalue weighted by molar-refractivity contribution is 6.01. The van der Waals surface area contributed by atoms with Gasteiger partial charge in [0.2, 0.25) is 0 Å². The average molecular weight is 340 g/mol. The Hall–Kier alpha value is -3.28. The number of para-hydroxylation sites is 2. The molecule has 0 unspecified atom stereocenters. The fourth-order valence-corrected chi connectivity index (χ4v) is 2.11. The lowest BCUT2D eigenvalue weighted by Gasteiger charge is -2.13. The minimum Gasteiger partial charge on any atom is -0.493 e. The van der Waals surface area contributed by atoms with Crippen molar-refractivity contribution in [3.05, 3.63) is 72.3 Å². The second-order valence-corrected chi connectivity index (χ2v) is 4.93. The van der Waals surface area contributed by atoms with Crippen LogP contribution in [0.2, 0.25) is 0 Å². The summed E-state index contributed by atoms with van der Waals surface area (Å²) in [6.45, 7) is 6.11. The van der Waals surface area contributed by atoms with Crippen LogP contribution in [0.25, 0.3) is 0 Å². The van der Waals surface area contributed by atoms with Gasteiger partial charge in [0.25, 0.3) is 11.8 Å². The first kappa shape index (κ1) is 18.1. The lowest BCUT2D eigenvalue weighted by atomic mass is 10.2. The summed E-state index contributed by atoms with van der Waals surface area (Å²) in [5.41, 5.74) is 5.41. The van der Waals surface area contributed by atoms with E-state index in [1.165, 1.54) is 0 Å². The van der Waals surface area contributed by atoms with Crippen molar-refractivity contribution >= 4 is 11.8 Å². The van der Waals surface area contributed by atoms with Gasteiger partial charge in [-0.25, -0.2) is 0 Å². The van der Waals surface area contributed by atoms with E-state index in [4.69, 9.17) is 9.47 Å². The van der Waals surface area contributed by atoms with Crippen LogP contribution in [-0.2, 0) is 0 Å². The second kappa shape index (κ2) is 9.12. The lowest BCUT2D eigenvalue weighted by Crippen LogP contribution is -2.41. The first-order valence-electron chi connectivity index (χ1n) is 7.82. The third-order valence-corrected chi connectivity index (χ3v) is 3.21. The number of nitrogens with one attached hydrogen (secondary N) is 2. The van der Waals surface area contributed by atoms with E-state index in [0.717, 1.165) is 0 Å². The van der Waals surface area contributed by atoms with Crippen molar-refractivity contribution in [3.8, 4) is 11.5 Å². The monoisotopic (exact) mass is 340 g/mol. The van der Waals surface area contributed by atoms with Crippen molar-refractivity contribution in [2.45, 2.75) is 6.92 Å². The number of benzene rings is 2. The van der Waals surface area contributed by atoms with E-state index in [0.29, 0.717) is 29.2 Å². The van der Waals surface area contributed by atoms with E-state index in [-0.39, 0.29) is 6.61 Å². The van der Waals surface area contributed by atoms with Crippen LogP contribution in [0.15, 0.2) is 61.2 Å². The fourth-order valence-electron chi connectivity index (χ4n) is 2.11. The number of amides is 2. The van der Waals surface area contributed by atoms with Crippen molar-refractivity contribution in [2.75, 3.05) is 13.2 Å². The number of carbonyl (C=O) groups excluding carboxylic acids is 2. The zero-order chi connectivity index (χ0) is 18.1. The lowest BCUT2D eigenvalue weighted by molar-refractivity contribution is 0.0842. The molecule has 25 heavy (non-hydrogen) atoms. The highest BCUT2D eigenvalue weighted by Gasteiger charge is 2.15. The molecule has 0 bridgehead atoms. The van der Waals surface area contributed by atoms with Crippen molar-refractivity contribution < 1.29 is 19.1 Å². The highest BCUT2D eigenvalue weighted by atomic mass is 16.5. The number of hydrogen-bond acceptors (Lipinski definition) is 4. The van der Waals surface area contributed by atoms with Gasteiger partial charge in [0.15, 0.2) is 0 Å². The molecule has 2 amide bonds. The van der Waals surface area contributed by atoms with Gasteiger partial charge < -0.3 is 9.47 Å². The van der Waals surface area contributed by atoms with Crippen LogP contribution in [-0.4, -0.2) is 25.0 Å². The topological polar surface area (TPSA) is 76.7 Å². The molecular formula is C19H20N2O4. The van der Waals surface area contributed by atoms with Gasteiger partial charge >= 0.3 is 0 Å². The quantitative estimate of drug-likeness (QED) is 0.600. The van der Waals surface area contributed by atoms with Crippen LogP contribution in [0.1, 0.15) is 27.6 Å². The summed E-state index contributed by atoms with van der Waals surface area (Å²) in [5.74, 6) is -0.0980. The number of hydrazine groups is 1. The average Bonchev–Trinajstić information content (AvgIpc) is 2.65. The van der Waals surface area contributed by atoms with E-state index in [2.05, 4.69) is 17.4 Å². The summed E-state index contributed by atoms with van der Waals surface area (Å²) < 4.78 is 10.8. The third-order valence-electron chi connectivity index (χ3n) is 3.21. The molecule has 0 fully saturated rings. The Balaban J connectivity index is 2.05. The van der Waals surface area contributed by atoms with Gasteiger partial charge in [0, 0.05) is 0 Å². The highest BCUT2D eigenvalue weighted by Crippen LogP contribution is 2.19. The van der Waals surface area contributed by atoms with Gasteiger partial charge in [0.1, 0.15) is 18.1 Å². The Bertz CT molecular complexity index is 759. The van der Waals surface area contributed by atoms with Crippen molar-refractivity contribution in [1.29, 1.82) is 0 Å². The van der Waals surface area contributed by atoms with Crippen LogP contribution in [0, 0.1) is 0 Å². The van der Waals surface area contributed by atoms with Crippen molar-refractivity contribution in [3.63, 3.8) is 0 Å². The summed E-state index contributed by atoms with van der Waals surface area (Å²) in [5, 5.41) is 0. The van der Waals surface area contributed by atoms with Gasteiger partial charge in [-0.1, -0.05) is 36.9 Å². The molecule has 2 aromatic rings. The summed E-state index contributed by atoms with van der Waals surface area (Å²) in [7, 11) is 0. The van der Waals surface area contributed by atoms with E-state index >= 15 is 0 Å². The van der Waals surface area contributed by atoms with Gasteiger partial charge in [-0.2, -0.15) is 0 Å². The standard InChI is InChI=1S/C19H20N2O4/c1-3-13-25-17-12-8-6-10-15(17)19(23)21-20-18(22)14-9-5-7-11-16(14)24-4-2/h3,5-12H,1,4,13H2,2H3,(H,20,22)(H,21,23). The predicted octanol–water partition coefficient (Wildman–Crippen LogP) is 2.72. The first-order valence-corrected chi connectivity index (χ1v) is 7.82. The Morgan fingerprint density at radius 1 is 0.920 bits per heavy atom. The first-order chi connectivity index (χ1) is 12.2. The summed E-state index contributed by atoms with van der Waals surface area (Å²) >= 11 is 0. The summed E-state index contributed by atoms with van der Waals surface area (Å²) in [6.07, 6.45) is 1.58. The Kier molecular flexibility index (Phi) is 6.59. The van der Waals surface area contributed by atoms with Crippen LogP contribution in [0.4, 0.5) is 0 Å². The molecule has 0 spiro atoms. The van der Waals surface area contributed by atoms with Crippen molar-refractivity contribution in [2.24, 2.45) is 0 Å². The number of hydrogen-bond donors (Lipinski definition) is 2. The SMILES string of the molecule is C=CCOc1ccccc1C(=O)NNC(=O)c1ccccc1OCC. The molecule has 0 aromatic heterocycles. The molecule has 2 aromatic carbocycles. The van der Waals surface area contributed by atoms with Gasteiger partial charge in [0.05, 0.1) is 17.7 Å². The number of rotatable bonds is 7. The van der Waals surface area contributed by atoms with Gasteiger partial charge in [-0.05, 0) is 31.2 Å². The fraction of sp³-hybridized carbons (Fsp3) is 0.158. The van der Waals surface area contributed by atoms with E-state index < -0.39 is 11.8 Å². The number of ether oxygens (including phenoxy) is 2. The molecule has 0 saturated heterocycles. The summed E-state index contributed by atoms with van der Waals surface area (Å²) in [4.78, 5) is 24.6. The molecule has 0 atom stereocenters. The maximum absolute atomic E-state index is 12.3. The molecule has 130 valence electrons. The maximum atomic E-state index is 12.3. The molecule has 2 N–H and O–H groups in total. The largest absolute Gasteiger partial charge is 0.493 e. The Labute approximate surface area is 146 Å². The predicted molar refractivity (Wildman–Crippen MR) is 94.7 cm³/mol. The van der Waals surface area contributed by atoms with E-state index in [1.54, 1.807) is 54.6 Å². The minimum atomic E-state index is -0.484. The molecule has 6 nitrogen and oxygen atoms in total. The van der Waals surface area contributed by atoms with Gasteiger partial charge in [-0.3, -0.25) is 20.4 Å². The van der Waals surface area contributed by atoms with Gasteiger partial charge in [-0.15, -0.1) is 0 Å². The van der Waals surface area contributed by atoms with E-state index in [9.17, 15) is 9.59 Å². The van der Waals surface area contributed by atoms with Crippen LogP contribution >= 0.6 is 0 Å². The van der Waals surface area contributed by atoms with Crippen molar-refractivity contribution in [1.82, 2.24) is 10.9 Å². The van der Waals surface area contributed by atoms with E-state index in [1.807, 2.05) is 6.92 Å². The maximum Gasteiger partial charge on any atom is 0.273 e. The molecule has 0 saturated carbocycles.